The molecule has 6 nitrogen and oxygen atoms in total. The Hall–Kier alpha value is -2.60. The third-order valence-electron chi connectivity index (χ3n) is 3.70. The summed E-state index contributed by atoms with van der Waals surface area (Å²) in [7, 11) is 1.56. The quantitative estimate of drug-likeness (QED) is 0.852. The standard InChI is InChI=1S/C18H19ClN2O4/c1-11-3-4-15(23-2)14(7-11)21-18(22)10-20-13-9-17-16(8-12(13)19)24-5-6-25-17/h3-4,7-9,20H,5-6,10H2,1-2H3,(H,21,22). The molecule has 0 bridgehead atoms. The molecule has 0 atom stereocenters. The van der Waals surface area contributed by atoms with Gasteiger partial charge in [0.1, 0.15) is 19.0 Å². The van der Waals surface area contributed by atoms with Gasteiger partial charge in [-0.15, -0.1) is 0 Å². The summed E-state index contributed by atoms with van der Waals surface area (Å²) in [6, 6.07) is 9.00. The molecule has 2 N–H and O–H groups in total. The fourth-order valence-electron chi connectivity index (χ4n) is 2.49. The molecule has 1 heterocycles. The number of benzene rings is 2. The van der Waals surface area contributed by atoms with Crippen LogP contribution in [0.15, 0.2) is 30.3 Å². The lowest BCUT2D eigenvalue weighted by molar-refractivity contribution is -0.114. The van der Waals surface area contributed by atoms with Crippen LogP contribution in [0.1, 0.15) is 5.56 Å². The molecule has 0 spiro atoms. The van der Waals surface area contributed by atoms with E-state index in [1.807, 2.05) is 25.1 Å². The second-order valence-corrected chi connectivity index (χ2v) is 5.99. The molecule has 1 aliphatic heterocycles. The summed E-state index contributed by atoms with van der Waals surface area (Å²) in [6.45, 7) is 2.98. The first kappa shape index (κ1) is 17.2. The van der Waals surface area contributed by atoms with E-state index in [-0.39, 0.29) is 12.5 Å². The summed E-state index contributed by atoms with van der Waals surface area (Å²) in [6.07, 6.45) is 0. The van der Waals surface area contributed by atoms with E-state index in [2.05, 4.69) is 10.6 Å². The molecule has 0 aliphatic carbocycles. The number of rotatable bonds is 5. The summed E-state index contributed by atoms with van der Waals surface area (Å²) >= 11 is 6.22. The van der Waals surface area contributed by atoms with Gasteiger partial charge in [-0.1, -0.05) is 17.7 Å². The molecule has 0 saturated heterocycles. The Kier molecular flexibility index (Phi) is 5.19. The number of anilines is 2. The number of halogens is 1. The van der Waals surface area contributed by atoms with E-state index in [1.165, 1.54) is 0 Å². The highest BCUT2D eigenvalue weighted by atomic mass is 35.5. The van der Waals surface area contributed by atoms with E-state index >= 15 is 0 Å². The van der Waals surface area contributed by atoms with Crippen molar-refractivity contribution in [2.75, 3.05) is 37.5 Å². The van der Waals surface area contributed by atoms with E-state index in [9.17, 15) is 4.79 Å². The third-order valence-corrected chi connectivity index (χ3v) is 4.01. The zero-order valence-corrected chi connectivity index (χ0v) is 14.8. The zero-order chi connectivity index (χ0) is 17.8. The minimum absolute atomic E-state index is 0.0520. The predicted molar refractivity (Wildman–Crippen MR) is 97.3 cm³/mol. The van der Waals surface area contributed by atoms with Gasteiger partial charge in [0, 0.05) is 12.1 Å². The molecule has 2 aromatic rings. The van der Waals surface area contributed by atoms with Crippen molar-refractivity contribution in [3.05, 3.63) is 40.9 Å². The van der Waals surface area contributed by atoms with Gasteiger partial charge in [-0.3, -0.25) is 4.79 Å². The highest BCUT2D eigenvalue weighted by Gasteiger charge is 2.16. The summed E-state index contributed by atoms with van der Waals surface area (Å²) in [5, 5.41) is 6.31. The molecule has 0 saturated carbocycles. The second kappa shape index (κ2) is 7.53. The van der Waals surface area contributed by atoms with Crippen molar-refractivity contribution in [1.82, 2.24) is 0 Å². The molecule has 3 rings (SSSR count). The van der Waals surface area contributed by atoms with Crippen molar-refractivity contribution in [1.29, 1.82) is 0 Å². The van der Waals surface area contributed by atoms with Crippen molar-refractivity contribution in [2.45, 2.75) is 6.92 Å². The molecule has 7 heteroatoms. The van der Waals surface area contributed by atoms with Crippen molar-refractivity contribution in [3.8, 4) is 17.2 Å². The van der Waals surface area contributed by atoms with Crippen LogP contribution < -0.4 is 24.8 Å². The van der Waals surface area contributed by atoms with Crippen LogP contribution in [0.2, 0.25) is 5.02 Å². The maximum absolute atomic E-state index is 12.2. The molecule has 0 aromatic heterocycles. The second-order valence-electron chi connectivity index (χ2n) is 5.58. The number of amides is 1. The Labute approximate surface area is 151 Å². The van der Waals surface area contributed by atoms with E-state index in [4.69, 9.17) is 25.8 Å². The Balaban J connectivity index is 1.66. The third kappa shape index (κ3) is 4.09. The smallest absolute Gasteiger partial charge is 0.243 e. The lowest BCUT2D eigenvalue weighted by atomic mass is 10.2. The zero-order valence-electron chi connectivity index (χ0n) is 14.0. The molecule has 25 heavy (non-hydrogen) atoms. The van der Waals surface area contributed by atoms with Crippen molar-refractivity contribution in [3.63, 3.8) is 0 Å². The number of methoxy groups -OCH3 is 1. The lowest BCUT2D eigenvalue weighted by Gasteiger charge is -2.20. The number of hydrogen-bond donors (Lipinski definition) is 2. The van der Waals surface area contributed by atoms with Crippen molar-refractivity contribution in [2.24, 2.45) is 0 Å². The number of carbonyl (C=O) groups excluding carboxylic acids is 1. The normalized spacial score (nSPS) is 12.4. The molecule has 0 unspecified atom stereocenters. The Bertz CT molecular complexity index is 795. The summed E-state index contributed by atoms with van der Waals surface area (Å²) in [4.78, 5) is 12.2. The first-order valence-electron chi connectivity index (χ1n) is 7.84. The van der Waals surface area contributed by atoms with Crippen LogP contribution >= 0.6 is 11.6 Å². The molecular weight excluding hydrogens is 344 g/mol. The van der Waals surface area contributed by atoms with Crippen LogP contribution in [0.3, 0.4) is 0 Å². The highest BCUT2D eigenvalue weighted by molar-refractivity contribution is 6.33. The Morgan fingerprint density at radius 3 is 2.60 bits per heavy atom. The van der Waals surface area contributed by atoms with Crippen LogP contribution in [0, 0.1) is 6.92 Å². The SMILES string of the molecule is COc1ccc(C)cc1NC(=O)CNc1cc2c(cc1Cl)OCCO2. The number of aryl methyl sites for hydroxylation is 1. The Morgan fingerprint density at radius 1 is 1.16 bits per heavy atom. The highest BCUT2D eigenvalue weighted by Crippen LogP contribution is 2.37. The number of ether oxygens (including phenoxy) is 3. The van der Waals surface area contributed by atoms with Crippen molar-refractivity contribution < 1.29 is 19.0 Å². The van der Waals surface area contributed by atoms with Gasteiger partial charge in [-0.2, -0.15) is 0 Å². The van der Waals surface area contributed by atoms with E-state index in [0.29, 0.717) is 46.9 Å². The summed E-state index contributed by atoms with van der Waals surface area (Å²) in [5.41, 5.74) is 2.26. The molecule has 0 radical (unpaired) electrons. The number of fused-ring (bicyclic) bond motifs is 1. The van der Waals surface area contributed by atoms with Gasteiger partial charge < -0.3 is 24.8 Å². The number of nitrogens with one attached hydrogen (secondary N) is 2. The minimum atomic E-state index is -0.213. The average Bonchev–Trinajstić information content (AvgIpc) is 2.60. The van der Waals surface area contributed by atoms with Gasteiger partial charge in [0.2, 0.25) is 5.91 Å². The van der Waals surface area contributed by atoms with E-state index in [0.717, 1.165) is 5.56 Å². The lowest BCUT2D eigenvalue weighted by Crippen LogP contribution is -2.22. The van der Waals surface area contributed by atoms with Gasteiger partial charge in [0.25, 0.3) is 0 Å². The maximum atomic E-state index is 12.2. The van der Waals surface area contributed by atoms with Crippen LogP contribution in [0.5, 0.6) is 17.2 Å². The first-order valence-corrected chi connectivity index (χ1v) is 8.22. The molecule has 1 aliphatic rings. The molecule has 0 fully saturated rings. The van der Waals surface area contributed by atoms with Gasteiger partial charge in [0.05, 0.1) is 30.1 Å². The Morgan fingerprint density at radius 2 is 1.88 bits per heavy atom. The minimum Gasteiger partial charge on any atom is -0.495 e. The van der Waals surface area contributed by atoms with Gasteiger partial charge >= 0.3 is 0 Å². The van der Waals surface area contributed by atoms with Gasteiger partial charge in [-0.25, -0.2) is 0 Å². The van der Waals surface area contributed by atoms with Crippen LogP contribution in [-0.2, 0) is 4.79 Å². The molecular formula is C18H19ClN2O4. The fourth-order valence-corrected chi connectivity index (χ4v) is 2.71. The summed E-state index contributed by atoms with van der Waals surface area (Å²) < 4.78 is 16.3. The largest absolute Gasteiger partial charge is 0.495 e. The van der Waals surface area contributed by atoms with E-state index in [1.54, 1.807) is 19.2 Å². The average molecular weight is 363 g/mol. The monoisotopic (exact) mass is 362 g/mol. The first-order chi connectivity index (χ1) is 12.1. The maximum Gasteiger partial charge on any atom is 0.243 e. The summed E-state index contributed by atoms with van der Waals surface area (Å²) in [5.74, 6) is 1.61. The fraction of sp³-hybridized carbons (Fsp3) is 0.278. The van der Waals surface area contributed by atoms with Crippen molar-refractivity contribution >= 4 is 28.9 Å². The van der Waals surface area contributed by atoms with Crippen LogP contribution in [-0.4, -0.2) is 32.8 Å². The number of hydrogen-bond acceptors (Lipinski definition) is 5. The van der Waals surface area contributed by atoms with Crippen LogP contribution in [0.4, 0.5) is 11.4 Å². The molecule has 132 valence electrons. The predicted octanol–water partition coefficient (Wildman–Crippen LogP) is 3.48. The van der Waals surface area contributed by atoms with Gasteiger partial charge in [-0.05, 0) is 24.6 Å². The van der Waals surface area contributed by atoms with Crippen LogP contribution in [0.25, 0.3) is 0 Å². The topological polar surface area (TPSA) is 68.8 Å². The van der Waals surface area contributed by atoms with E-state index < -0.39 is 0 Å². The molecule has 2 aromatic carbocycles. The number of carbonyl (C=O) groups is 1. The van der Waals surface area contributed by atoms with Gasteiger partial charge in [0.15, 0.2) is 11.5 Å². The molecule has 1 amide bonds.